The van der Waals surface area contributed by atoms with Gasteiger partial charge in [0.05, 0.1) is 18.1 Å². The number of thiophene rings is 1. The molecule has 1 aliphatic heterocycles. The number of pyridine rings is 1. The topological polar surface area (TPSA) is 45.7 Å². The van der Waals surface area contributed by atoms with Crippen molar-refractivity contribution in [2.24, 2.45) is 0 Å². The summed E-state index contributed by atoms with van der Waals surface area (Å²) < 4.78 is 5.45. The molecule has 6 heteroatoms. The lowest BCUT2D eigenvalue weighted by molar-refractivity contribution is 0.0356. The summed E-state index contributed by atoms with van der Waals surface area (Å²) in [5.74, 6) is 0.186. The first-order valence-electron chi connectivity index (χ1n) is 11.4. The van der Waals surface area contributed by atoms with E-state index in [9.17, 15) is 4.79 Å². The van der Waals surface area contributed by atoms with E-state index in [0.29, 0.717) is 6.54 Å². The Hall–Kier alpha value is -1.76. The Morgan fingerprint density at radius 1 is 1.10 bits per heavy atom. The van der Waals surface area contributed by atoms with E-state index >= 15 is 0 Å². The minimum Gasteiger partial charge on any atom is -0.379 e. The van der Waals surface area contributed by atoms with Crippen molar-refractivity contribution in [3.8, 4) is 0 Å². The van der Waals surface area contributed by atoms with Gasteiger partial charge in [0, 0.05) is 50.0 Å². The summed E-state index contributed by atoms with van der Waals surface area (Å²) in [5, 5.41) is 0. The van der Waals surface area contributed by atoms with Gasteiger partial charge in [-0.15, -0.1) is 11.3 Å². The third-order valence-corrected chi connectivity index (χ3v) is 7.35. The molecule has 162 valence electrons. The fraction of sp³-hybridized carbons (Fsp3) is 0.583. The van der Waals surface area contributed by atoms with E-state index in [4.69, 9.17) is 4.74 Å². The second kappa shape index (κ2) is 11.0. The molecule has 0 radical (unpaired) electrons. The normalized spacial score (nSPS) is 17.7. The summed E-state index contributed by atoms with van der Waals surface area (Å²) in [6.45, 7) is 6.07. The standard InChI is InChI=1S/C24H33N3O2S/c28-24(23-18-21-6-3-1-2-4-7-22(21)30-23)27(19-20-8-10-25-11-9-20)13-5-12-26-14-16-29-17-15-26/h8-11,18H,1-7,12-17,19H2. The Morgan fingerprint density at radius 3 is 2.67 bits per heavy atom. The number of morpholine rings is 1. The van der Waals surface area contributed by atoms with Gasteiger partial charge < -0.3 is 9.64 Å². The van der Waals surface area contributed by atoms with Crippen molar-refractivity contribution in [2.75, 3.05) is 39.4 Å². The van der Waals surface area contributed by atoms with Crippen LogP contribution < -0.4 is 0 Å². The van der Waals surface area contributed by atoms with Gasteiger partial charge in [-0.1, -0.05) is 12.8 Å². The number of fused-ring (bicyclic) bond motifs is 1. The van der Waals surface area contributed by atoms with Crippen molar-refractivity contribution in [1.82, 2.24) is 14.8 Å². The van der Waals surface area contributed by atoms with Crippen LogP contribution in [0, 0.1) is 0 Å². The zero-order chi connectivity index (χ0) is 20.6. The van der Waals surface area contributed by atoms with Crippen LogP contribution in [0.15, 0.2) is 30.6 Å². The molecular formula is C24H33N3O2S. The van der Waals surface area contributed by atoms with E-state index < -0.39 is 0 Å². The molecule has 0 unspecified atom stereocenters. The van der Waals surface area contributed by atoms with Crippen LogP contribution in [0.25, 0.3) is 0 Å². The highest BCUT2D eigenvalue weighted by Gasteiger charge is 2.21. The summed E-state index contributed by atoms with van der Waals surface area (Å²) in [6.07, 6.45) is 12.0. The van der Waals surface area contributed by atoms with Gasteiger partial charge in [-0.2, -0.15) is 0 Å². The molecule has 3 heterocycles. The van der Waals surface area contributed by atoms with Gasteiger partial charge in [0.25, 0.3) is 5.91 Å². The number of rotatable bonds is 7. The van der Waals surface area contributed by atoms with Crippen molar-refractivity contribution in [3.63, 3.8) is 0 Å². The highest BCUT2D eigenvalue weighted by Crippen LogP contribution is 2.29. The van der Waals surface area contributed by atoms with Gasteiger partial charge in [-0.05, 0) is 61.4 Å². The lowest BCUT2D eigenvalue weighted by Crippen LogP contribution is -2.39. The third kappa shape index (κ3) is 5.90. The van der Waals surface area contributed by atoms with Crippen LogP contribution >= 0.6 is 11.3 Å². The summed E-state index contributed by atoms with van der Waals surface area (Å²) in [6, 6.07) is 6.21. The number of hydrogen-bond acceptors (Lipinski definition) is 5. The maximum absolute atomic E-state index is 13.5. The Morgan fingerprint density at radius 2 is 1.87 bits per heavy atom. The predicted octanol–water partition coefficient (Wildman–Crippen LogP) is 4.17. The number of carbonyl (C=O) groups is 1. The maximum atomic E-state index is 13.5. The molecule has 2 aromatic heterocycles. The molecule has 5 nitrogen and oxygen atoms in total. The van der Waals surface area contributed by atoms with Crippen LogP contribution in [0.2, 0.25) is 0 Å². The largest absolute Gasteiger partial charge is 0.379 e. The minimum absolute atomic E-state index is 0.186. The molecule has 1 fully saturated rings. The van der Waals surface area contributed by atoms with Crippen LogP contribution in [0.3, 0.4) is 0 Å². The average Bonchev–Trinajstić information content (AvgIpc) is 3.16. The summed E-state index contributed by atoms with van der Waals surface area (Å²) in [7, 11) is 0. The van der Waals surface area contributed by atoms with Gasteiger partial charge in [-0.25, -0.2) is 0 Å². The molecule has 1 aliphatic carbocycles. The van der Waals surface area contributed by atoms with Crippen LogP contribution in [0.1, 0.15) is 57.8 Å². The van der Waals surface area contributed by atoms with Crippen molar-refractivity contribution < 1.29 is 9.53 Å². The van der Waals surface area contributed by atoms with E-state index in [-0.39, 0.29) is 5.91 Å². The molecule has 0 saturated carbocycles. The van der Waals surface area contributed by atoms with Crippen molar-refractivity contribution in [2.45, 2.75) is 51.5 Å². The SMILES string of the molecule is O=C(c1cc2c(s1)CCCCCC2)N(CCCN1CCOCC1)Cc1ccncc1. The molecule has 2 aromatic rings. The summed E-state index contributed by atoms with van der Waals surface area (Å²) >= 11 is 1.74. The predicted molar refractivity (Wildman–Crippen MR) is 121 cm³/mol. The molecule has 1 saturated heterocycles. The Kier molecular flexibility index (Phi) is 7.89. The van der Waals surface area contributed by atoms with E-state index in [2.05, 4.69) is 16.0 Å². The molecule has 0 N–H and O–H groups in total. The number of ether oxygens (including phenoxy) is 1. The van der Waals surface area contributed by atoms with Gasteiger partial charge >= 0.3 is 0 Å². The smallest absolute Gasteiger partial charge is 0.264 e. The van der Waals surface area contributed by atoms with Crippen LogP contribution in [0.5, 0.6) is 0 Å². The summed E-state index contributed by atoms with van der Waals surface area (Å²) in [4.78, 5) is 24.5. The van der Waals surface area contributed by atoms with Gasteiger partial charge in [0.1, 0.15) is 0 Å². The van der Waals surface area contributed by atoms with Crippen LogP contribution in [-0.2, 0) is 24.1 Å². The first kappa shape index (κ1) is 21.5. The van der Waals surface area contributed by atoms with E-state index in [1.165, 1.54) is 36.1 Å². The zero-order valence-corrected chi connectivity index (χ0v) is 18.7. The number of aromatic nitrogens is 1. The third-order valence-electron chi connectivity index (χ3n) is 6.12. The fourth-order valence-electron chi connectivity index (χ4n) is 4.38. The zero-order valence-electron chi connectivity index (χ0n) is 17.9. The number of nitrogens with zero attached hydrogens (tertiary/aromatic N) is 3. The molecular weight excluding hydrogens is 394 g/mol. The molecule has 0 bridgehead atoms. The van der Waals surface area contributed by atoms with Crippen LogP contribution in [-0.4, -0.2) is 60.1 Å². The second-order valence-corrected chi connectivity index (χ2v) is 9.50. The Balaban J connectivity index is 1.44. The second-order valence-electron chi connectivity index (χ2n) is 8.36. The first-order chi connectivity index (χ1) is 14.8. The quantitative estimate of drug-likeness (QED) is 0.665. The minimum atomic E-state index is 0.186. The van der Waals surface area contributed by atoms with E-state index in [1.807, 2.05) is 29.4 Å². The number of hydrogen-bond donors (Lipinski definition) is 0. The highest BCUT2D eigenvalue weighted by atomic mass is 32.1. The molecule has 0 spiro atoms. The van der Waals surface area contributed by atoms with Crippen molar-refractivity contribution >= 4 is 17.2 Å². The van der Waals surface area contributed by atoms with Gasteiger partial charge in [0.15, 0.2) is 0 Å². The maximum Gasteiger partial charge on any atom is 0.264 e. The lowest BCUT2D eigenvalue weighted by Gasteiger charge is -2.28. The van der Waals surface area contributed by atoms with E-state index in [1.54, 1.807) is 11.3 Å². The average molecular weight is 428 g/mol. The summed E-state index contributed by atoms with van der Waals surface area (Å²) in [5.41, 5.74) is 2.56. The molecule has 0 aromatic carbocycles. The monoisotopic (exact) mass is 427 g/mol. The van der Waals surface area contributed by atoms with Gasteiger partial charge in [0.2, 0.25) is 0 Å². The highest BCUT2D eigenvalue weighted by molar-refractivity contribution is 7.14. The molecule has 4 rings (SSSR count). The number of carbonyl (C=O) groups excluding carboxylic acids is 1. The molecule has 0 atom stereocenters. The Labute approximate surface area is 184 Å². The van der Waals surface area contributed by atoms with E-state index in [0.717, 1.165) is 69.1 Å². The Bertz CT molecular complexity index is 777. The number of amides is 1. The first-order valence-corrected chi connectivity index (χ1v) is 12.2. The molecule has 2 aliphatic rings. The number of aryl methyl sites for hydroxylation is 2. The van der Waals surface area contributed by atoms with Crippen molar-refractivity contribution in [3.05, 3.63) is 51.5 Å². The molecule has 1 amide bonds. The van der Waals surface area contributed by atoms with Gasteiger partial charge in [-0.3, -0.25) is 14.7 Å². The van der Waals surface area contributed by atoms with Crippen molar-refractivity contribution in [1.29, 1.82) is 0 Å². The lowest BCUT2D eigenvalue weighted by atomic mass is 10.00. The van der Waals surface area contributed by atoms with Crippen LogP contribution in [0.4, 0.5) is 0 Å². The molecule has 30 heavy (non-hydrogen) atoms. The fourth-order valence-corrected chi connectivity index (χ4v) is 5.60.